The highest BCUT2D eigenvalue weighted by atomic mass is 32.2. The summed E-state index contributed by atoms with van der Waals surface area (Å²) in [5.41, 5.74) is 1.62. The maximum absolute atomic E-state index is 11.7. The summed E-state index contributed by atoms with van der Waals surface area (Å²) in [7, 11) is -3.15. The number of hydrogen-bond acceptors (Lipinski definition) is 6. The number of nitrogens with one attached hydrogen (secondary N) is 1. The van der Waals surface area contributed by atoms with Crippen molar-refractivity contribution < 1.29 is 8.42 Å². The van der Waals surface area contributed by atoms with E-state index in [1.54, 1.807) is 13.1 Å². The van der Waals surface area contributed by atoms with E-state index >= 15 is 0 Å². The number of rotatable bonds is 5. The quantitative estimate of drug-likeness (QED) is 0.873. The molecule has 2 aromatic rings. The van der Waals surface area contributed by atoms with Crippen molar-refractivity contribution in [3.8, 4) is 11.4 Å². The van der Waals surface area contributed by atoms with Crippen LogP contribution in [0.5, 0.6) is 0 Å². The Bertz CT molecular complexity index is 818. The van der Waals surface area contributed by atoms with Crippen LogP contribution in [0.2, 0.25) is 0 Å². The second kappa shape index (κ2) is 7.45. The molecule has 0 amide bonds. The third kappa shape index (κ3) is 4.52. The van der Waals surface area contributed by atoms with Gasteiger partial charge in [-0.05, 0) is 38.8 Å². The van der Waals surface area contributed by atoms with Gasteiger partial charge in [0.15, 0.2) is 0 Å². The molecule has 0 radical (unpaired) electrons. The molecule has 0 spiro atoms. The normalized spacial score (nSPS) is 16.2. The Hall–Kier alpha value is -2.06. The van der Waals surface area contributed by atoms with Gasteiger partial charge in [0.25, 0.3) is 0 Å². The number of hydrogen-bond donors (Lipinski definition) is 1. The molecule has 1 aliphatic heterocycles. The minimum atomic E-state index is -3.15. The summed E-state index contributed by atoms with van der Waals surface area (Å²) >= 11 is 0. The van der Waals surface area contributed by atoms with Gasteiger partial charge in [0.2, 0.25) is 10.0 Å². The van der Waals surface area contributed by atoms with Gasteiger partial charge in [0.1, 0.15) is 11.6 Å². The molecule has 0 saturated carbocycles. The first-order chi connectivity index (χ1) is 12.0. The Kier molecular flexibility index (Phi) is 5.29. The van der Waals surface area contributed by atoms with Crippen LogP contribution in [0, 0.1) is 6.92 Å². The molecular formula is C17H23N5O2S. The minimum absolute atomic E-state index is 0.000561. The highest BCUT2D eigenvalue weighted by molar-refractivity contribution is 7.89. The average Bonchev–Trinajstić information content (AvgIpc) is 2.62. The average molecular weight is 361 g/mol. The summed E-state index contributed by atoms with van der Waals surface area (Å²) in [6.45, 7) is 5.04. The van der Waals surface area contributed by atoms with Crippen LogP contribution < -0.4 is 9.62 Å². The van der Waals surface area contributed by atoms with Gasteiger partial charge in [0.05, 0.1) is 17.1 Å². The van der Waals surface area contributed by atoms with Gasteiger partial charge in [-0.3, -0.25) is 4.98 Å². The van der Waals surface area contributed by atoms with Crippen LogP contribution in [0.25, 0.3) is 11.4 Å². The van der Waals surface area contributed by atoms with Crippen LogP contribution in [-0.4, -0.2) is 48.3 Å². The molecule has 0 aliphatic carbocycles. The van der Waals surface area contributed by atoms with Crippen molar-refractivity contribution in [1.82, 2.24) is 19.7 Å². The van der Waals surface area contributed by atoms with E-state index in [2.05, 4.69) is 24.6 Å². The standard InChI is InChI=1S/C17H23N5O2S/c1-3-25(23,24)21-14-7-10-22(11-8-14)17-12-16(19-13(2)20-17)15-6-4-5-9-18-15/h4-6,9,12,14,21H,3,7-8,10-11H2,1-2H3. The summed E-state index contributed by atoms with van der Waals surface area (Å²) in [5.74, 6) is 1.68. The topological polar surface area (TPSA) is 88.1 Å². The summed E-state index contributed by atoms with van der Waals surface area (Å²) < 4.78 is 26.2. The zero-order valence-electron chi connectivity index (χ0n) is 14.5. The van der Waals surface area contributed by atoms with Crippen molar-refractivity contribution in [2.45, 2.75) is 32.7 Å². The van der Waals surface area contributed by atoms with Gasteiger partial charge in [-0.1, -0.05) is 6.07 Å². The van der Waals surface area contributed by atoms with Crippen molar-refractivity contribution in [1.29, 1.82) is 0 Å². The maximum Gasteiger partial charge on any atom is 0.211 e. The molecule has 0 unspecified atom stereocenters. The zero-order valence-corrected chi connectivity index (χ0v) is 15.3. The Morgan fingerprint density at radius 1 is 1.20 bits per heavy atom. The molecule has 1 saturated heterocycles. The van der Waals surface area contributed by atoms with Crippen LogP contribution in [0.3, 0.4) is 0 Å². The summed E-state index contributed by atoms with van der Waals surface area (Å²) in [6.07, 6.45) is 3.28. The van der Waals surface area contributed by atoms with Gasteiger partial charge >= 0.3 is 0 Å². The molecule has 7 nitrogen and oxygen atoms in total. The zero-order chi connectivity index (χ0) is 17.9. The lowest BCUT2D eigenvalue weighted by molar-refractivity contribution is 0.458. The Balaban J connectivity index is 1.72. The van der Waals surface area contributed by atoms with Crippen molar-refractivity contribution in [2.75, 3.05) is 23.7 Å². The van der Waals surface area contributed by atoms with E-state index < -0.39 is 10.0 Å². The monoisotopic (exact) mass is 361 g/mol. The minimum Gasteiger partial charge on any atom is -0.356 e. The number of pyridine rings is 1. The Labute approximate surface area is 148 Å². The van der Waals surface area contributed by atoms with Crippen molar-refractivity contribution >= 4 is 15.8 Å². The third-order valence-electron chi connectivity index (χ3n) is 4.30. The fourth-order valence-corrected chi connectivity index (χ4v) is 3.83. The van der Waals surface area contributed by atoms with E-state index in [-0.39, 0.29) is 11.8 Å². The molecule has 1 fully saturated rings. The molecule has 134 valence electrons. The predicted octanol–water partition coefficient (Wildman–Crippen LogP) is 1.76. The second-order valence-corrected chi connectivity index (χ2v) is 8.20. The van der Waals surface area contributed by atoms with E-state index in [4.69, 9.17) is 0 Å². The van der Waals surface area contributed by atoms with Crippen molar-refractivity contribution in [3.05, 3.63) is 36.3 Å². The summed E-state index contributed by atoms with van der Waals surface area (Å²) in [4.78, 5) is 15.6. The molecule has 0 atom stereocenters. The Morgan fingerprint density at radius 3 is 2.60 bits per heavy atom. The van der Waals surface area contributed by atoms with Gasteiger partial charge in [-0.2, -0.15) is 0 Å². The van der Waals surface area contributed by atoms with Crippen molar-refractivity contribution in [3.63, 3.8) is 0 Å². The van der Waals surface area contributed by atoms with Gasteiger partial charge in [0, 0.05) is 31.4 Å². The first-order valence-corrected chi connectivity index (χ1v) is 10.1. The third-order valence-corrected chi connectivity index (χ3v) is 5.75. The molecule has 1 aliphatic rings. The largest absolute Gasteiger partial charge is 0.356 e. The van der Waals surface area contributed by atoms with E-state index in [1.807, 2.05) is 31.2 Å². The Morgan fingerprint density at radius 2 is 1.96 bits per heavy atom. The highest BCUT2D eigenvalue weighted by Gasteiger charge is 2.24. The smallest absolute Gasteiger partial charge is 0.211 e. The first kappa shape index (κ1) is 17.8. The van der Waals surface area contributed by atoms with Crippen LogP contribution >= 0.6 is 0 Å². The van der Waals surface area contributed by atoms with Crippen LogP contribution in [0.15, 0.2) is 30.5 Å². The number of aryl methyl sites for hydroxylation is 1. The summed E-state index contributed by atoms with van der Waals surface area (Å²) in [6, 6.07) is 7.69. The number of nitrogens with zero attached hydrogens (tertiary/aromatic N) is 4. The van der Waals surface area contributed by atoms with E-state index in [0.717, 1.165) is 43.1 Å². The van der Waals surface area contributed by atoms with Gasteiger partial charge in [-0.15, -0.1) is 0 Å². The molecule has 3 rings (SSSR count). The fourth-order valence-electron chi connectivity index (χ4n) is 2.92. The number of aromatic nitrogens is 3. The number of anilines is 1. The lowest BCUT2D eigenvalue weighted by Crippen LogP contribution is -2.45. The van der Waals surface area contributed by atoms with E-state index in [0.29, 0.717) is 5.82 Å². The fraction of sp³-hybridized carbons (Fsp3) is 0.471. The number of piperidine rings is 1. The van der Waals surface area contributed by atoms with E-state index in [9.17, 15) is 8.42 Å². The van der Waals surface area contributed by atoms with E-state index in [1.165, 1.54) is 0 Å². The molecule has 1 N–H and O–H groups in total. The molecule has 8 heteroatoms. The molecular weight excluding hydrogens is 338 g/mol. The van der Waals surface area contributed by atoms with Gasteiger partial charge < -0.3 is 4.90 Å². The molecule has 0 bridgehead atoms. The number of sulfonamides is 1. The van der Waals surface area contributed by atoms with Crippen LogP contribution in [0.4, 0.5) is 5.82 Å². The maximum atomic E-state index is 11.7. The van der Waals surface area contributed by atoms with Gasteiger partial charge in [-0.25, -0.2) is 23.1 Å². The molecule has 2 aromatic heterocycles. The van der Waals surface area contributed by atoms with Crippen LogP contribution in [0.1, 0.15) is 25.6 Å². The summed E-state index contributed by atoms with van der Waals surface area (Å²) in [5, 5.41) is 0. The molecule has 25 heavy (non-hydrogen) atoms. The molecule has 3 heterocycles. The predicted molar refractivity (Wildman–Crippen MR) is 97.8 cm³/mol. The first-order valence-electron chi connectivity index (χ1n) is 8.49. The molecule has 0 aromatic carbocycles. The highest BCUT2D eigenvalue weighted by Crippen LogP contribution is 2.23. The lowest BCUT2D eigenvalue weighted by Gasteiger charge is -2.33. The SMILES string of the molecule is CCS(=O)(=O)NC1CCN(c2cc(-c3ccccn3)nc(C)n2)CC1. The van der Waals surface area contributed by atoms with Crippen LogP contribution in [-0.2, 0) is 10.0 Å². The lowest BCUT2D eigenvalue weighted by atomic mass is 10.1. The second-order valence-electron chi connectivity index (χ2n) is 6.16. The van der Waals surface area contributed by atoms with Crippen molar-refractivity contribution in [2.24, 2.45) is 0 Å².